The summed E-state index contributed by atoms with van der Waals surface area (Å²) >= 11 is 0. The molecule has 4 nitrogen and oxygen atoms in total. The van der Waals surface area contributed by atoms with E-state index in [2.05, 4.69) is 0 Å². The maximum atomic E-state index is 12.9. The molecule has 0 bridgehead atoms. The molecule has 1 aromatic carbocycles. The number of carbonyl (C=O) groups is 2. The van der Waals surface area contributed by atoms with E-state index in [0.717, 1.165) is 18.4 Å². The summed E-state index contributed by atoms with van der Waals surface area (Å²) in [6.45, 7) is 6.55. The standard InChI is InChI=1S/C18H25FN2O2/c1-3-20(4-2)18(23)15-6-5-11-21(13-15)17(22)12-14-7-9-16(19)10-8-14/h7-10,15H,3-6,11-13H2,1-2H3/t15-/m0/s1. The summed E-state index contributed by atoms with van der Waals surface area (Å²) in [4.78, 5) is 28.5. The molecule has 0 saturated carbocycles. The van der Waals surface area contributed by atoms with Gasteiger partial charge in [-0.25, -0.2) is 4.39 Å². The molecule has 1 aromatic rings. The zero-order chi connectivity index (χ0) is 16.8. The Labute approximate surface area is 137 Å². The van der Waals surface area contributed by atoms with Gasteiger partial charge in [0.2, 0.25) is 11.8 Å². The normalized spacial score (nSPS) is 17.9. The van der Waals surface area contributed by atoms with Crippen LogP contribution in [0.4, 0.5) is 4.39 Å². The molecule has 1 atom stereocenters. The highest BCUT2D eigenvalue weighted by Crippen LogP contribution is 2.20. The topological polar surface area (TPSA) is 40.6 Å². The molecule has 5 heteroatoms. The van der Waals surface area contributed by atoms with Gasteiger partial charge in [-0.1, -0.05) is 12.1 Å². The van der Waals surface area contributed by atoms with E-state index >= 15 is 0 Å². The monoisotopic (exact) mass is 320 g/mol. The number of halogens is 1. The number of benzene rings is 1. The number of hydrogen-bond acceptors (Lipinski definition) is 2. The Morgan fingerprint density at radius 1 is 1.22 bits per heavy atom. The van der Waals surface area contributed by atoms with E-state index in [1.54, 1.807) is 17.0 Å². The number of nitrogens with zero attached hydrogens (tertiary/aromatic N) is 2. The first-order valence-electron chi connectivity index (χ1n) is 8.36. The fraction of sp³-hybridized carbons (Fsp3) is 0.556. The SMILES string of the molecule is CCN(CC)C(=O)[C@H]1CCCN(C(=O)Cc2ccc(F)cc2)C1. The third-order valence-electron chi connectivity index (χ3n) is 4.47. The molecule has 0 aromatic heterocycles. The van der Waals surface area contributed by atoms with Gasteiger partial charge >= 0.3 is 0 Å². The maximum Gasteiger partial charge on any atom is 0.227 e. The second kappa shape index (κ2) is 8.09. The average Bonchev–Trinajstić information content (AvgIpc) is 2.58. The van der Waals surface area contributed by atoms with Crippen LogP contribution in [0.2, 0.25) is 0 Å². The Kier molecular flexibility index (Phi) is 6.13. The van der Waals surface area contributed by atoms with Crippen molar-refractivity contribution in [3.63, 3.8) is 0 Å². The quantitative estimate of drug-likeness (QED) is 0.836. The lowest BCUT2D eigenvalue weighted by Gasteiger charge is -2.34. The van der Waals surface area contributed by atoms with Crippen LogP contribution < -0.4 is 0 Å². The van der Waals surface area contributed by atoms with Crippen LogP contribution in [-0.4, -0.2) is 47.8 Å². The molecule has 0 aliphatic carbocycles. The van der Waals surface area contributed by atoms with Crippen molar-refractivity contribution >= 4 is 11.8 Å². The smallest absolute Gasteiger partial charge is 0.227 e. The highest BCUT2D eigenvalue weighted by molar-refractivity contribution is 5.82. The van der Waals surface area contributed by atoms with Crippen LogP contribution in [0.3, 0.4) is 0 Å². The first kappa shape index (κ1) is 17.4. The van der Waals surface area contributed by atoms with Gasteiger partial charge in [0.1, 0.15) is 5.82 Å². The molecular weight excluding hydrogens is 295 g/mol. The molecule has 2 amide bonds. The Bertz CT molecular complexity index is 540. The number of rotatable bonds is 5. The van der Waals surface area contributed by atoms with Crippen LogP contribution >= 0.6 is 0 Å². The highest BCUT2D eigenvalue weighted by Gasteiger charge is 2.30. The van der Waals surface area contributed by atoms with Crippen molar-refractivity contribution in [1.29, 1.82) is 0 Å². The lowest BCUT2D eigenvalue weighted by Crippen LogP contribution is -2.47. The van der Waals surface area contributed by atoms with Gasteiger partial charge in [0.05, 0.1) is 12.3 Å². The lowest BCUT2D eigenvalue weighted by molar-refractivity contribution is -0.140. The average molecular weight is 320 g/mol. The van der Waals surface area contributed by atoms with E-state index in [9.17, 15) is 14.0 Å². The Balaban J connectivity index is 1.96. The number of amides is 2. The minimum absolute atomic E-state index is 0.00801. The van der Waals surface area contributed by atoms with Gasteiger partial charge in [-0.3, -0.25) is 9.59 Å². The van der Waals surface area contributed by atoms with Gasteiger partial charge in [-0.05, 0) is 44.4 Å². The van der Waals surface area contributed by atoms with E-state index in [0.29, 0.717) is 26.2 Å². The number of carbonyl (C=O) groups excluding carboxylic acids is 2. The minimum Gasteiger partial charge on any atom is -0.343 e. The van der Waals surface area contributed by atoms with E-state index in [1.165, 1.54) is 12.1 Å². The van der Waals surface area contributed by atoms with Crippen LogP contribution in [0.1, 0.15) is 32.3 Å². The Morgan fingerprint density at radius 2 is 1.87 bits per heavy atom. The number of likely N-dealkylation sites (tertiary alicyclic amines) is 1. The fourth-order valence-corrected chi connectivity index (χ4v) is 3.09. The van der Waals surface area contributed by atoms with Crippen molar-refractivity contribution in [1.82, 2.24) is 9.80 Å². The summed E-state index contributed by atoms with van der Waals surface area (Å²) in [6, 6.07) is 6.00. The first-order chi connectivity index (χ1) is 11.0. The van der Waals surface area contributed by atoms with Crippen molar-refractivity contribution in [2.45, 2.75) is 33.1 Å². The van der Waals surface area contributed by atoms with Crippen LogP contribution in [0, 0.1) is 11.7 Å². The Morgan fingerprint density at radius 3 is 2.48 bits per heavy atom. The third kappa shape index (κ3) is 4.53. The molecule has 1 saturated heterocycles. The van der Waals surface area contributed by atoms with Crippen LogP contribution in [0.25, 0.3) is 0 Å². The van der Waals surface area contributed by atoms with Gasteiger partial charge < -0.3 is 9.80 Å². The Hall–Kier alpha value is -1.91. The molecule has 1 heterocycles. The molecular formula is C18H25FN2O2. The van der Waals surface area contributed by atoms with Gasteiger partial charge in [0, 0.05) is 26.2 Å². The van der Waals surface area contributed by atoms with Crippen molar-refractivity contribution in [3.05, 3.63) is 35.6 Å². The molecule has 1 aliphatic heterocycles. The van der Waals surface area contributed by atoms with E-state index < -0.39 is 0 Å². The van der Waals surface area contributed by atoms with Gasteiger partial charge in [-0.15, -0.1) is 0 Å². The van der Waals surface area contributed by atoms with Crippen molar-refractivity contribution in [2.24, 2.45) is 5.92 Å². The molecule has 1 fully saturated rings. The highest BCUT2D eigenvalue weighted by atomic mass is 19.1. The van der Waals surface area contributed by atoms with Crippen molar-refractivity contribution in [3.8, 4) is 0 Å². The van der Waals surface area contributed by atoms with Gasteiger partial charge in [0.15, 0.2) is 0 Å². The van der Waals surface area contributed by atoms with Crippen LogP contribution in [0.15, 0.2) is 24.3 Å². The maximum absolute atomic E-state index is 12.9. The van der Waals surface area contributed by atoms with Crippen LogP contribution in [-0.2, 0) is 16.0 Å². The van der Waals surface area contributed by atoms with Crippen molar-refractivity contribution < 1.29 is 14.0 Å². The summed E-state index contributed by atoms with van der Waals surface area (Å²) in [6.07, 6.45) is 1.95. The third-order valence-corrected chi connectivity index (χ3v) is 4.47. The zero-order valence-corrected chi connectivity index (χ0v) is 13.9. The van der Waals surface area contributed by atoms with Crippen molar-refractivity contribution in [2.75, 3.05) is 26.2 Å². The van der Waals surface area contributed by atoms with Crippen LogP contribution in [0.5, 0.6) is 0 Å². The summed E-state index contributed by atoms with van der Waals surface area (Å²) in [5, 5.41) is 0. The zero-order valence-electron chi connectivity index (χ0n) is 13.9. The largest absolute Gasteiger partial charge is 0.343 e. The summed E-state index contributed by atoms with van der Waals surface area (Å²) < 4.78 is 12.9. The second-order valence-electron chi connectivity index (χ2n) is 5.99. The van der Waals surface area contributed by atoms with E-state index in [-0.39, 0.29) is 30.0 Å². The minimum atomic E-state index is -0.302. The predicted molar refractivity (Wildman–Crippen MR) is 87.3 cm³/mol. The molecule has 0 spiro atoms. The number of hydrogen-bond donors (Lipinski definition) is 0. The predicted octanol–water partition coefficient (Wildman–Crippen LogP) is 2.48. The molecule has 0 radical (unpaired) electrons. The molecule has 0 unspecified atom stereocenters. The molecule has 0 N–H and O–H groups in total. The number of piperidine rings is 1. The van der Waals surface area contributed by atoms with E-state index in [4.69, 9.17) is 0 Å². The summed E-state index contributed by atoms with van der Waals surface area (Å²) in [5.74, 6) is -0.243. The van der Waals surface area contributed by atoms with Gasteiger partial charge in [-0.2, -0.15) is 0 Å². The summed E-state index contributed by atoms with van der Waals surface area (Å²) in [5.41, 5.74) is 0.800. The second-order valence-corrected chi connectivity index (χ2v) is 5.99. The molecule has 1 aliphatic rings. The lowest BCUT2D eigenvalue weighted by atomic mass is 9.96. The molecule has 2 rings (SSSR count). The molecule has 23 heavy (non-hydrogen) atoms. The van der Waals surface area contributed by atoms with Gasteiger partial charge in [0.25, 0.3) is 0 Å². The summed E-state index contributed by atoms with van der Waals surface area (Å²) in [7, 11) is 0. The first-order valence-corrected chi connectivity index (χ1v) is 8.36. The van der Waals surface area contributed by atoms with E-state index in [1.807, 2.05) is 18.7 Å². The molecule has 126 valence electrons. The fourth-order valence-electron chi connectivity index (χ4n) is 3.09.